The third-order valence-electron chi connectivity index (χ3n) is 11.5. The number of carbonyl (C=O) groups excluding carboxylic acids is 3. The van der Waals surface area contributed by atoms with Crippen molar-refractivity contribution in [2.45, 2.75) is 89.1 Å². The number of aromatic nitrogens is 4. The number of imidazole rings is 2. The Morgan fingerprint density at radius 2 is 1.22 bits per heavy atom. The molecule has 7 rings (SSSR count). The van der Waals surface area contributed by atoms with Gasteiger partial charge in [-0.25, -0.2) is 19.6 Å². The zero-order valence-corrected chi connectivity index (χ0v) is 33.2. The molecule has 17 heteroatoms. The lowest BCUT2D eigenvalue weighted by molar-refractivity contribution is -0.138. The van der Waals surface area contributed by atoms with Crippen molar-refractivity contribution >= 4 is 24.0 Å². The van der Waals surface area contributed by atoms with Gasteiger partial charge < -0.3 is 54.5 Å². The summed E-state index contributed by atoms with van der Waals surface area (Å²) in [6.07, 6.45) is 3.30. The van der Waals surface area contributed by atoms with Crippen LogP contribution in [0.4, 0.5) is 9.59 Å². The first-order valence-electron chi connectivity index (χ1n) is 19.5. The fourth-order valence-electron chi connectivity index (χ4n) is 8.20. The van der Waals surface area contributed by atoms with Gasteiger partial charge in [0, 0.05) is 27.3 Å². The van der Waals surface area contributed by atoms with Crippen molar-refractivity contribution in [3.05, 3.63) is 71.6 Å². The number of carboxylic acid groups (broad SMARTS) is 1. The van der Waals surface area contributed by atoms with E-state index in [0.29, 0.717) is 44.4 Å². The normalized spacial score (nSPS) is 19.7. The molecule has 0 spiro atoms. The minimum absolute atomic E-state index is 0.261. The molecule has 3 aliphatic heterocycles. The number of amides is 4. The van der Waals surface area contributed by atoms with E-state index in [0.717, 1.165) is 64.0 Å². The van der Waals surface area contributed by atoms with Gasteiger partial charge in [0.15, 0.2) is 0 Å². The van der Waals surface area contributed by atoms with Crippen LogP contribution in [-0.4, -0.2) is 118 Å². The number of hydrogen-bond acceptors (Lipinski definition) is 10. The van der Waals surface area contributed by atoms with Crippen molar-refractivity contribution in [3.63, 3.8) is 0 Å². The second-order valence-corrected chi connectivity index (χ2v) is 14.9. The van der Waals surface area contributed by atoms with E-state index in [1.54, 1.807) is 36.0 Å². The number of aromatic amines is 2. The molecule has 0 saturated carbocycles. The molecule has 5 heterocycles. The fourth-order valence-corrected chi connectivity index (χ4v) is 8.20. The van der Waals surface area contributed by atoms with Crippen LogP contribution in [0.25, 0.3) is 33.6 Å². The monoisotopic (exact) mass is 798 g/mol. The van der Waals surface area contributed by atoms with Gasteiger partial charge in [-0.15, -0.1) is 0 Å². The Morgan fingerprint density at radius 1 is 0.759 bits per heavy atom. The molecule has 6 atom stereocenters. The molecule has 4 aromatic rings. The Balaban J connectivity index is 1.07. The summed E-state index contributed by atoms with van der Waals surface area (Å²) in [5, 5.41) is 14.3. The van der Waals surface area contributed by atoms with Crippen molar-refractivity contribution in [1.82, 2.24) is 40.4 Å². The van der Waals surface area contributed by atoms with Gasteiger partial charge in [-0.05, 0) is 85.0 Å². The van der Waals surface area contributed by atoms with Crippen LogP contribution in [0, 0.1) is 0 Å². The number of methoxy groups -OCH3 is 3. The van der Waals surface area contributed by atoms with Crippen molar-refractivity contribution in [1.29, 1.82) is 0 Å². The second kappa shape index (κ2) is 17.4. The Labute approximate surface area is 335 Å². The van der Waals surface area contributed by atoms with Crippen LogP contribution in [0.5, 0.6) is 0 Å². The molecule has 0 unspecified atom stereocenters. The Bertz CT molecular complexity index is 2150. The number of hydrogen-bond donors (Lipinski definition) is 5. The first-order chi connectivity index (χ1) is 28.0. The number of nitrogens with one attached hydrogen (secondary N) is 4. The standard InChI is InChI=1S/C41H50N8O9/c1-22(55-3)34(46-40(52)53)38(50)48-14-6-8-32(48)36-42-18-30(44-36)24-10-12-28-26(16-24)20-58-21-27-17-25(11-13-29(27)28)31-19-43-37(45-31)33-9-7-15-49(33)39(51)35(23(2)56-4)47-41(54)57-5/h10-13,16-19,22-23,32-35,46H,6-9,14-15,20-21H2,1-5H3,(H,42,44)(H,43,45)(H,47,54)(H,52,53)/t22-,23-,32+,33+,34+,35+/m1/s1. The van der Waals surface area contributed by atoms with Crippen molar-refractivity contribution in [2.75, 3.05) is 34.4 Å². The summed E-state index contributed by atoms with van der Waals surface area (Å²) in [4.78, 5) is 70.4. The van der Waals surface area contributed by atoms with Gasteiger partial charge in [-0.2, -0.15) is 0 Å². The number of carbonyl (C=O) groups is 4. The number of ether oxygens (including phenoxy) is 4. The van der Waals surface area contributed by atoms with Gasteiger partial charge in [-0.3, -0.25) is 9.59 Å². The second-order valence-electron chi connectivity index (χ2n) is 14.9. The van der Waals surface area contributed by atoms with Crippen molar-refractivity contribution in [3.8, 4) is 33.6 Å². The first kappa shape index (κ1) is 40.4. The van der Waals surface area contributed by atoms with Crippen molar-refractivity contribution < 1.29 is 43.2 Å². The molecule has 0 bridgehead atoms. The zero-order valence-electron chi connectivity index (χ0n) is 33.2. The highest BCUT2D eigenvalue weighted by Crippen LogP contribution is 2.38. The largest absolute Gasteiger partial charge is 0.465 e. The van der Waals surface area contributed by atoms with E-state index in [4.69, 9.17) is 23.9 Å². The maximum atomic E-state index is 13.7. The Hall–Kier alpha value is -5.78. The van der Waals surface area contributed by atoms with Gasteiger partial charge in [0.05, 0.1) is 68.4 Å². The van der Waals surface area contributed by atoms with E-state index in [2.05, 4.69) is 49.9 Å². The van der Waals surface area contributed by atoms with Crippen LogP contribution in [0.1, 0.15) is 74.4 Å². The molecule has 308 valence electrons. The molecule has 2 fully saturated rings. The molecule has 5 N–H and O–H groups in total. The molecular formula is C41H50N8O9. The van der Waals surface area contributed by atoms with Gasteiger partial charge in [0.25, 0.3) is 0 Å². The van der Waals surface area contributed by atoms with Crippen LogP contribution in [0.3, 0.4) is 0 Å². The number of fused-ring (bicyclic) bond motifs is 3. The molecule has 58 heavy (non-hydrogen) atoms. The highest BCUT2D eigenvalue weighted by Gasteiger charge is 2.40. The number of likely N-dealkylation sites (tertiary alicyclic amines) is 2. The number of alkyl carbamates (subject to hydrolysis) is 1. The molecule has 3 aliphatic rings. The highest BCUT2D eigenvalue weighted by molar-refractivity contribution is 5.87. The van der Waals surface area contributed by atoms with Gasteiger partial charge in [-0.1, -0.05) is 24.3 Å². The molecule has 17 nitrogen and oxygen atoms in total. The topological polar surface area (TPSA) is 213 Å². The average Bonchev–Trinajstić information content (AvgIpc) is 4.07. The summed E-state index contributed by atoms with van der Waals surface area (Å²) in [7, 11) is 4.19. The summed E-state index contributed by atoms with van der Waals surface area (Å²) < 4.78 is 21.7. The van der Waals surface area contributed by atoms with Gasteiger partial charge in [0.1, 0.15) is 23.7 Å². The zero-order chi connectivity index (χ0) is 41.1. The molecule has 2 aromatic heterocycles. The third kappa shape index (κ3) is 8.14. The van der Waals surface area contributed by atoms with Crippen LogP contribution in [0.2, 0.25) is 0 Å². The van der Waals surface area contributed by atoms with Gasteiger partial charge >= 0.3 is 12.2 Å². The summed E-state index contributed by atoms with van der Waals surface area (Å²) in [5.41, 5.74) is 7.62. The lowest BCUT2D eigenvalue weighted by Gasteiger charge is -2.30. The number of rotatable bonds is 12. The molecule has 4 amide bonds. The predicted molar refractivity (Wildman–Crippen MR) is 210 cm³/mol. The third-order valence-corrected chi connectivity index (χ3v) is 11.5. The molecule has 2 saturated heterocycles. The molecule has 2 aromatic carbocycles. The number of benzene rings is 2. The minimum Gasteiger partial charge on any atom is -0.465 e. The van der Waals surface area contributed by atoms with E-state index >= 15 is 0 Å². The van der Waals surface area contributed by atoms with Gasteiger partial charge in [0.2, 0.25) is 11.8 Å². The predicted octanol–water partition coefficient (Wildman–Crippen LogP) is 4.92. The van der Waals surface area contributed by atoms with E-state index in [-0.39, 0.29) is 23.9 Å². The summed E-state index contributed by atoms with van der Waals surface area (Å²) in [6.45, 7) is 5.21. The van der Waals surface area contributed by atoms with Crippen molar-refractivity contribution in [2.24, 2.45) is 0 Å². The lowest BCUT2D eigenvalue weighted by Crippen LogP contribution is -2.54. The highest BCUT2D eigenvalue weighted by atomic mass is 16.5. The van der Waals surface area contributed by atoms with Crippen LogP contribution < -0.4 is 10.6 Å². The van der Waals surface area contributed by atoms with Crippen LogP contribution in [-0.2, 0) is 41.8 Å². The van der Waals surface area contributed by atoms with Crippen LogP contribution >= 0.6 is 0 Å². The van der Waals surface area contributed by atoms with Crippen LogP contribution in [0.15, 0.2) is 48.8 Å². The van der Waals surface area contributed by atoms with E-state index in [9.17, 15) is 24.3 Å². The number of H-pyrrole nitrogens is 2. The number of nitrogens with zero attached hydrogens (tertiary/aromatic N) is 4. The summed E-state index contributed by atoms with van der Waals surface area (Å²) in [6, 6.07) is 9.89. The Morgan fingerprint density at radius 3 is 1.66 bits per heavy atom. The fraction of sp³-hybridized carbons (Fsp3) is 0.463. The minimum atomic E-state index is -1.29. The molecule has 0 radical (unpaired) electrons. The maximum absolute atomic E-state index is 13.7. The van der Waals surface area contributed by atoms with E-state index < -0.39 is 36.5 Å². The quantitative estimate of drug-likeness (QED) is 0.130. The SMILES string of the molecule is COC(=O)N[C@H](C(=O)N1CCC[C@H]1c1ncc(-c2ccc3c(c2)COCc2cc(-c4cnc([C@@H]5CCCN5C(=O)[C@@H](NC(=O)O)[C@@H](C)OC)[nH]4)ccc2-3)[nH]1)[C@@H](C)OC. The smallest absolute Gasteiger partial charge is 0.407 e. The summed E-state index contributed by atoms with van der Waals surface area (Å²) in [5.74, 6) is 0.696. The lowest BCUT2D eigenvalue weighted by atomic mass is 9.93. The molecule has 0 aliphatic carbocycles. The Kier molecular flexibility index (Phi) is 12.1. The maximum Gasteiger partial charge on any atom is 0.407 e. The summed E-state index contributed by atoms with van der Waals surface area (Å²) >= 11 is 0. The molecular weight excluding hydrogens is 748 g/mol. The average molecular weight is 799 g/mol. The van der Waals surface area contributed by atoms with E-state index in [1.807, 2.05) is 12.1 Å². The first-order valence-corrected chi connectivity index (χ1v) is 19.5. The van der Waals surface area contributed by atoms with E-state index in [1.165, 1.54) is 21.3 Å².